The van der Waals surface area contributed by atoms with Gasteiger partial charge in [-0.3, -0.25) is 0 Å². The van der Waals surface area contributed by atoms with Gasteiger partial charge in [-0.2, -0.15) is 0 Å². The van der Waals surface area contributed by atoms with Crippen LogP contribution in [-0.4, -0.2) is 25.5 Å². The number of halogens is 1. The molecule has 0 radical (unpaired) electrons. The minimum absolute atomic E-state index is 0.461. The highest BCUT2D eigenvalue weighted by Gasteiger charge is 2.16. The van der Waals surface area contributed by atoms with E-state index < -0.39 is 0 Å². The van der Waals surface area contributed by atoms with Gasteiger partial charge in [0.25, 0.3) is 0 Å². The molecule has 22 heavy (non-hydrogen) atoms. The zero-order chi connectivity index (χ0) is 15.9. The smallest absolute Gasteiger partial charge is 0.0443 e. The summed E-state index contributed by atoms with van der Waals surface area (Å²) in [6.07, 6.45) is 3.19. The summed E-state index contributed by atoms with van der Waals surface area (Å²) in [7, 11) is 4.25. The number of aryl methyl sites for hydroxylation is 1. The summed E-state index contributed by atoms with van der Waals surface area (Å²) >= 11 is 6.57. The van der Waals surface area contributed by atoms with Gasteiger partial charge < -0.3 is 4.90 Å². The average molecular weight is 316 g/mol. The predicted molar refractivity (Wildman–Crippen MR) is 96.9 cm³/mol. The molecule has 0 saturated heterocycles. The van der Waals surface area contributed by atoms with E-state index in [0.29, 0.717) is 5.92 Å². The van der Waals surface area contributed by atoms with Gasteiger partial charge in [0, 0.05) is 5.02 Å². The monoisotopic (exact) mass is 315 g/mol. The lowest BCUT2D eigenvalue weighted by molar-refractivity contribution is 0.380. The highest BCUT2D eigenvalue weighted by molar-refractivity contribution is 6.31. The van der Waals surface area contributed by atoms with Crippen LogP contribution in [0.15, 0.2) is 48.5 Å². The van der Waals surface area contributed by atoms with Crippen molar-refractivity contribution in [3.63, 3.8) is 0 Å². The van der Waals surface area contributed by atoms with Crippen LogP contribution in [0.5, 0.6) is 0 Å². The first-order chi connectivity index (χ1) is 10.6. The summed E-state index contributed by atoms with van der Waals surface area (Å²) < 4.78 is 0. The standard InChI is InChI=1S/C20H26ClN/c1-4-16-10-11-19(20(21)15-16)18(12-13-22(2)3)14-17-8-6-5-7-9-17/h5-11,15,18H,4,12-14H2,1-3H3. The van der Waals surface area contributed by atoms with E-state index in [2.05, 4.69) is 74.4 Å². The van der Waals surface area contributed by atoms with Crippen LogP contribution in [0, 0.1) is 0 Å². The lowest BCUT2D eigenvalue weighted by atomic mass is 9.88. The van der Waals surface area contributed by atoms with Crippen LogP contribution in [0.4, 0.5) is 0 Å². The van der Waals surface area contributed by atoms with Gasteiger partial charge in [-0.15, -0.1) is 0 Å². The third kappa shape index (κ3) is 4.86. The molecule has 0 heterocycles. The van der Waals surface area contributed by atoms with E-state index in [4.69, 9.17) is 11.6 Å². The molecular formula is C20H26ClN. The number of hydrogen-bond acceptors (Lipinski definition) is 1. The van der Waals surface area contributed by atoms with Crippen molar-refractivity contribution >= 4 is 11.6 Å². The minimum atomic E-state index is 0.461. The highest BCUT2D eigenvalue weighted by atomic mass is 35.5. The Labute approximate surface area is 139 Å². The van der Waals surface area contributed by atoms with Crippen LogP contribution in [0.25, 0.3) is 0 Å². The van der Waals surface area contributed by atoms with Gasteiger partial charge in [0.1, 0.15) is 0 Å². The Kier molecular flexibility index (Phi) is 6.48. The quantitative estimate of drug-likeness (QED) is 0.680. The first-order valence-electron chi connectivity index (χ1n) is 8.07. The summed E-state index contributed by atoms with van der Waals surface area (Å²) in [5, 5.41) is 0.916. The number of rotatable bonds is 7. The van der Waals surface area contributed by atoms with Crippen LogP contribution < -0.4 is 0 Å². The van der Waals surface area contributed by atoms with E-state index in [1.807, 2.05) is 0 Å². The van der Waals surface area contributed by atoms with Crippen molar-refractivity contribution in [2.45, 2.75) is 32.1 Å². The van der Waals surface area contributed by atoms with E-state index in [0.717, 1.165) is 30.8 Å². The Balaban J connectivity index is 2.23. The fourth-order valence-electron chi connectivity index (χ4n) is 2.80. The summed E-state index contributed by atoms with van der Waals surface area (Å²) in [6.45, 7) is 3.24. The lowest BCUT2D eigenvalue weighted by Crippen LogP contribution is -2.17. The molecule has 1 atom stereocenters. The molecule has 2 rings (SSSR count). The topological polar surface area (TPSA) is 3.24 Å². The molecule has 0 aliphatic heterocycles. The lowest BCUT2D eigenvalue weighted by Gasteiger charge is -2.21. The third-order valence-corrected chi connectivity index (χ3v) is 4.49. The molecule has 0 fully saturated rings. The molecule has 0 N–H and O–H groups in total. The average Bonchev–Trinajstić information content (AvgIpc) is 2.52. The summed E-state index contributed by atoms with van der Waals surface area (Å²) in [4.78, 5) is 2.24. The van der Waals surface area contributed by atoms with Crippen molar-refractivity contribution in [3.05, 3.63) is 70.2 Å². The number of hydrogen-bond donors (Lipinski definition) is 0. The Bertz CT molecular complexity index is 578. The van der Waals surface area contributed by atoms with E-state index in [-0.39, 0.29) is 0 Å². The van der Waals surface area contributed by atoms with Crippen LogP contribution in [0.3, 0.4) is 0 Å². The second-order valence-corrected chi connectivity index (χ2v) is 6.60. The Morgan fingerprint density at radius 1 is 1.00 bits per heavy atom. The third-order valence-electron chi connectivity index (χ3n) is 4.16. The zero-order valence-corrected chi connectivity index (χ0v) is 14.6. The second-order valence-electron chi connectivity index (χ2n) is 6.19. The fraction of sp³-hybridized carbons (Fsp3) is 0.400. The van der Waals surface area contributed by atoms with Crippen molar-refractivity contribution < 1.29 is 0 Å². The largest absolute Gasteiger partial charge is 0.309 e. The molecule has 0 aliphatic rings. The Hall–Kier alpha value is -1.31. The minimum Gasteiger partial charge on any atom is -0.309 e. The van der Waals surface area contributed by atoms with E-state index in [1.54, 1.807) is 0 Å². The molecule has 0 amide bonds. The SMILES string of the molecule is CCc1ccc(C(CCN(C)C)Cc2ccccc2)c(Cl)c1. The summed E-state index contributed by atoms with van der Waals surface area (Å²) in [6, 6.07) is 17.3. The maximum Gasteiger partial charge on any atom is 0.0443 e. The van der Waals surface area contributed by atoms with Gasteiger partial charge >= 0.3 is 0 Å². The van der Waals surface area contributed by atoms with Gasteiger partial charge in [0.2, 0.25) is 0 Å². The molecule has 1 unspecified atom stereocenters. The molecule has 118 valence electrons. The maximum absolute atomic E-state index is 6.57. The molecule has 0 bridgehead atoms. The summed E-state index contributed by atoms with van der Waals surface area (Å²) in [5.41, 5.74) is 3.96. The van der Waals surface area contributed by atoms with E-state index >= 15 is 0 Å². The van der Waals surface area contributed by atoms with Crippen LogP contribution in [-0.2, 0) is 12.8 Å². The second kappa shape index (κ2) is 8.36. The van der Waals surface area contributed by atoms with E-state index in [9.17, 15) is 0 Å². The molecule has 0 aliphatic carbocycles. The molecule has 2 heteroatoms. The first kappa shape index (κ1) is 17.1. The van der Waals surface area contributed by atoms with Gasteiger partial charge in [0.15, 0.2) is 0 Å². The van der Waals surface area contributed by atoms with Crippen LogP contribution in [0.1, 0.15) is 36.0 Å². The van der Waals surface area contributed by atoms with Crippen molar-refractivity contribution in [3.8, 4) is 0 Å². The van der Waals surface area contributed by atoms with Crippen molar-refractivity contribution in [1.82, 2.24) is 4.90 Å². The Morgan fingerprint density at radius 2 is 1.73 bits per heavy atom. The molecule has 2 aromatic carbocycles. The van der Waals surface area contributed by atoms with Crippen molar-refractivity contribution in [2.24, 2.45) is 0 Å². The number of nitrogens with zero attached hydrogens (tertiary/aromatic N) is 1. The fourth-order valence-corrected chi connectivity index (χ4v) is 3.16. The van der Waals surface area contributed by atoms with E-state index in [1.165, 1.54) is 16.7 Å². The Morgan fingerprint density at radius 3 is 2.32 bits per heavy atom. The first-order valence-corrected chi connectivity index (χ1v) is 8.45. The van der Waals surface area contributed by atoms with Gasteiger partial charge in [-0.05, 0) is 68.6 Å². The van der Waals surface area contributed by atoms with Crippen molar-refractivity contribution in [1.29, 1.82) is 0 Å². The van der Waals surface area contributed by atoms with Crippen molar-refractivity contribution in [2.75, 3.05) is 20.6 Å². The van der Waals surface area contributed by atoms with Crippen LogP contribution in [0.2, 0.25) is 5.02 Å². The highest BCUT2D eigenvalue weighted by Crippen LogP contribution is 2.31. The summed E-state index contributed by atoms with van der Waals surface area (Å²) in [5.74, 6) is 0.461. The zero-order valence-electron chi connectivity index (χ0n) is 13.8. The normalized spacial score (nSPS) is 12.6. The van der Waals surface area contributed by atoms with Gasteiger partial charge in [-0.1, -0.05) is 61.0 Å². The molecule has 0 saturated carbocycles. The maximum atomic E-state index is 6.57. The molecular weight excluding hydrogens is 290 g/mol. The van der Waals surface area contributed by atoms with Gasteiger partial charge in [-0.25, -0.2) is 0 Å². The molecule has 2 aromatic rings. The molecule has 1 nitrogen and oxygen atoms in total. The van der Waals surface area contributed by atoms with Gasteiger partial charge in [0.05, 0.1) is 0 Å². The number of benzene rings is 2. The van der Waals surface area contributed by atoms with Crippen LogP contribution >= 0.6 is 11.6 Å². The molecule has 0 spiro atoms. The molecule has 0 aromatic heterocycles. The predicted octanol–water partition coefficient (Wildman–Crippen LogP) is 5.18.